The number of benzene rings is 1. The highest BCUT2D eigenvalue weighted by Gasteiger charge is 2.33. The summed E-state index contributed by atoms with van der Waals surface area (Å²) in [6, 6.07) is 13.8. The van der Waals surface area contributed by atoms with Gasteiger partial charge in [-0.05, 0) is 63.1 Å². The van der Waals surface area contributed by atoms with E-state index < -0.39 is 5.97 Å². The number of thiophene rings is 1. The fourth-order valence-electron chi connectivity index (χ4n) is 5.07. The Morgan fingerprint density at radius 2 is 1.78 bits per heavy atom. The van der Waals surface area contributed by atoms with Gasteiger partial charge in [-0.1, -0.05) is 31.2 Å². The molecular weight excluding hydrogens is 484 g/mol. The second-order valence-electron chi connectivity index (χ2n) is 10.1. The summed E-state index contributed by atoms with van der Waals surface area (Å²) in [6.45, 7) is 6.25. The van der Waals surface area contributed by atoms with Crippen LogP contribution in [0.5, 0.6) is 0 Å². The van der Waals surface area contributed by atoms with Crippen LogP contribution < -0.4 is 4.90 Å². The predicted octanol–water partition coefficient (Wildman–Crippen LogP) is 6.48. The maximum absolute atomic E-state index is 13.7. The molecule has 3 aromatic heterocycles. The molecule has 0 atom stereocenters. The first kappa shape index (κ1) is 25.1. The molecule has 1 amide bonds. The topological polar surface area (TPSA) is 76.8 Å². The van der Waals surface area contributed by atoms with Gasteiger partial charge >= 0.3 is 5.97 Å². The molecule has 0 saturated heterocycles. The molecule has 1 saturated carbocycles. The van der Waals surface area contributed by atoms with Crippen molar-refractivity contribution < 1.29 is 14.3 Å². The van der Waals surface area contributed by atoms with Gasteiger partial charge in [0.2, 0.25) is 5.91 Å². The molecule has 1 aliphatic carbocycles. The Bertz CT molecular complexity index is 1380. The summed E-state index contributed by atoms with van der Waals surface area (Å²) in [6.07, 6.45) is 7.54. The van der Waals surface area contributed by atoms with Crippen molar-refractivity contribution in [1.29, 1.82) is 0 Å². The van der Waals surface area contributed by atoms with Gasteiger partial charge in [-0.3, -0.25) is 4.79 Å². The second-order valence-corrected chi connectivity index (χ2v) is 11.2. The van der Waals surface area contributed by atoms with Gasteiger partial charge in [0.05, 0.1) is 18.5 Å². The van der Waals surface area contributed by atoms with Gasteiger partial charge in [0.1, 0.15) is 4.88 Å². The molecule has 0 radical (unpaired) electrons. The average molecular weight is 517 g/mol. The highest BCUT2D eigenvalue weighted by molar-refractivity contribution is 7.18. The minimum absolute atomic E-state index is 0.00773. The van der Waals surface area contributed by atoms with E-state index in [1.54, 1.807) is 10.7 Å². The van der Waals surface area contributed by atoms with Crippen LogP contribution >= 0.6 is 11.3 Å². The lowest BCUT2D eigenvalue weighted by Gasteiger charge is -2.33. The Balaban J connectivity index is 1.48. The summed E-state index contributed by atoms with van der Waals surface area (Å²) in [4.78, 5) is 34.0. The third-order valence-corrected chi connectivity index (χ3v) is 8.32. The molecule has 1 fully saturated rings. The molecule has 4 aromatic rings. The number of hydrogen-bond acceptors (Lipinski definition) is 6. The van der Waals surface area contributed by atoms with E-state index in [0.29, 0.717) is 16.5 Å². The maximum atomic E-state index is 13.7. The van der Waals surface area contributed by atoms with Crippen molar-refractivity contribution in [1.82, 2.24) is 14.6 Å². The molecule has 1 aromatic carbocycles. The van der Waals surface area contributed by atoms with Crippen molar-refractivity contribution in [2.75, 3.05) is 12.0 Å². The zero-order valence-corrected chi connectivity index (χ0v) is 22.5. The van der Waals surface area contributed by atoms with Gasteiger partial charge in [-0.2, -0.15) is 5.10 Å². The SMILES string of the molecule is COC(=O)c1sc(-c2ccc(-c3cc4ncccn4n3)cc2)cc1N(C(=O)[C@H]1CC[C@H](C)CC1)C(C)C. The van der Waals surface area contributed by atoms with Crippen molar-refractivity contribution in [2.45, 2.75) is 52.5 Å². The number of amides is 1. The molecular formula is C29H32N4O3S. The molecule has 3 heterocycles. The van der Waals surface area contributed by atoms with Crippen LogP contribution in [0.25, 0.3) is 27.3 Å². The first-order chi connectivity index (χ1) is 17.9. The summed E-state index contributed by atoms with van der Waals surface area (Å²) in [7, 11) is 1.38. The Labute approximate surface area is 221 Å². The molecule has 7 nitrogen and oxygen atoms in total. The van der Waals surface area contributed by atoms with Crippen LogP contribution in [-0.2, 0) is 9.53 Å². The van der Waals surface area contributed by atoms with Gasteiger partial charge in [-0.25, -0.2) is 14.3 Å². The van der Waals surface area contributed by atoms with E-state index in [-0.39, 0.29) is 17.9 Å². The summed E-state index contributed by atoms with van der Waals surface area (Å²) in [5.74, 6) is 0.337. The molecule has 1 aliphatic rings. The number of ether oxygens (including phenoxy) is 1. The van der Waals surface area contributed by atoms with Crippen LogP contribution in [-0.4, -0.2) is 39.6 Å². The summed E-state index contributed by atoms with van der Waals surface area (Å²) in [5, 5.41) is 4.60. The fourth-order valence-corrected chi connectivity index (χ4v) is 6.15. The van der Waals surface area contributed by atoms with Gasteiger partial charge in [-0.15, -0.1) is 11.3 Å². The van der Waals surface area contributed by atoms with E-state index in [2.05, 4.69) is 17.0 Å². The number of carbonyl (C=O) groups excluding carboxylic acids is 2. The number of nitrogens with zero attached hydrogens (tertiary/aromatic N) is 4. The number of esters is 1. The fraction of sp³-hybridized carbons (Fsp3) is 0.379. The number of carbonyl (C=O) groups is 2. The van der Waals surface area contributed by atoms with E-state index >= 15 is 0 Å². The van der Waals surface area contributed by atoms with Gasteiger partial charge in [0.25, 0.3) is 0 Å². The quantitative estimate of drug-likeness (QED) is 0.274. The van der Waals surface area contributed by atoms with E-state index in [0.717, 1.165) is 53.0 Å². The number of fused-ring (bicyclic) bond motifs is 1. The molecule has 5 rings (SSSR count). The third kappa shape index (κ3) is 5.03. The number of anilines is 1. The number of methoxy groups -OCH3 is 1. The molecule has 0 unspecified atom stereocenters. The minimum atomic E-state index is -0.421. The van der Waals surface area contributed by atoms with E-state index in [1.165, 1.54) is 18.4 Å². The molecule has 0 aliphatic heterocycles. The van der Waals surface area contributed by atoms with Crippen molar-refractivity contribution in [3.63, 3.8) is 0 Å². The predicted molar refractivity (Wildman–Crippen MR) is 147 cm³/mol. The number of rotatable bonds is 6. The smallest absolute Gasteiger partial charge is 0.350 e. The van der Waals surface area contributed by atoms with Crippen LogP contribution in [0.4, 0.5) is 5.69 Å². The first-order valence-electron chi connectivity index (χ1n) is 12.8. The molecule has 37 heavy (non-hydrogen) atoms. The van der Waals surface area contributed by atoms with Crippen molar-refractivity contribution in [3.8, 4) is 21.7 Å². The molecule has 192 valence electrons. The molecule has 0 N–H and O–H groups in total. The van der Waals surface area contributed by atoms with Crippen LogP contribution in [0.1, 0.15) is 56.1 Å². The second kappa shape index (κ2) is 10.5. The Kier molecular flexibility index (Phi) is 7.11. The highest BCUT2D eigenvalue weighted by Crippen LogP contribution is 2.40. The first-order valence-corrected chi connectivity index (χ1v) is 13.6. The van der Waals surface area contributed by atoms with Crippen molar-refractivity contribution in [3.05, 3.63) is 59.7 Å². The van der Waals surface area contributed by atoms with Crippen molar-refractivity contribution in [2.24, 2.45) is 11.8 Å². The monoisotopic (exact) mass is 516 g/mol. The van der Waals surface area contributed by atoms with Gasteiger partial charge in [0.15, 0.2) is 5.65 Å². The highest BCUT2D eigenvalue weighted by atomic mass is 32.1. The molecule has 0 bridgehead atoms. The normalized spacial score (nSPS) is 17.8. The van der Waals surface area contributed by atoms with E-state index in [1.807, 2.05) is 67.4 Å². The van der Waals surface area contributed by atoms with Gasteiger partial charge < -0.3 is 9.64 Å². The lowest BCUT2D eigenvalue weighted by molar-refractivity contribution is -0.123. The van der Waals surface area contributed by atoms with Crippen LogP contribution in [0.15, 0.2) is 54.9 Å². The average Bonchev–Trinajstić information content (AvgIpc) is 3.54. The minimum Gasteiger partial charge on any atom is -0.465 e. The zero-order valence-electron chi connectivity index (χ0n) is 21.7. The lowest BCUT2D eigenvalue weighted by Crippen LogP contribution is -2.42. The maximum Gasteiger partial charge on any atom is 0.350 e. The van der Waals surface area contributed by atoms with Crippen LogP contribution in [0.3, 0.4) is 0 Å². The van der Waals surface area contributed by atoms with Gasteiger partial charge in [0, 0.05) is 40.9 Å². The largest absolute Gasteiger partial charge is 0.465 e. The number of aromatic nitrogens is 3. The Hall–Kier alpha value is -3.52. The van der Waals surface area contributed by atoms with Crippen LogP contribution in [0.2, 0.25) is 0 Å². The van der Waals surface area contributed by atoms with E-state index in [4.69, 9.17) is 4.74 Å². The van der Waals surface area contributed by atoms with Crippen molar-refractivity contribution >= 4 is 34.5 Å². The summed E-state index contributed by atoms with van der Waals surface area (Å²) in [5.41, 5.74) is 4.21. The molecule has 8 heteroatoms. The van der Waals surface area contributed by atoms with E-state index in [9.17, 15) is 9.59 Å². The molecule has 0 spiro atoms. The Morgan fingerprint density at radius 3 is 2.43 bits per heavy atom. The summed E-state index contributed by atoms with van der Waals surface area (Å²) < 4.78 is 6.87. The lowest BCUT2D eigenvalue weighted by atomic mass is 9.82. The number of hydrogen-bond donors (Lipinski definition) is 0. The standard InChI is InChI=1S/C29H32N4O3S/c1-18(2)33(28(34)22-8-6-19(3)7-9-22)24-17-25(37-27(24)29(35)36-4)21-12-10-20(11-13-21)23-16-26-30-14-5-15-32(26)31-23/h5,10-19,22H,6-9H2,1-4H3/t19-,22-. The Morgan fingerprint density at radius 1 is 1.08 bits per heavy atom. The zero-order chi connectivity index (χ0) is 26.1. The summed E-state index contributed by atoms with van der Waals surface area (Å²) >= 11 is 1.36. The van der Waals surface area contributed by atoms with Crippen LogP contribution in [0, 0.1) is 11.8 Å². The third-order valence-electron chi connectivity index (χ3n) is 7.16.